The first-order valence-electron chi connectivity index (χ1n) is 11.2. The van der Waals surface area contributed by atoms with Crippen molar-refractivity contribution in [2.24, 2.45) is 5.92 Å². The van der Waals surface area contributed by atoms with Crippen LogP contribution < -0.4 is 14.9 Å². The lowest BCUT2D eigenvalue weighted by atomic mass is 9.95. The van der Waals surface area contributed by atoms with Gasteiger partial charge in [0.1, 0.15) is 0 Å². The molecule has 1 aliphatic heterocycles. The summed E-state index contributed by atoms with van der Waals surface area (Å²) < 4.78 is 28.1. The van der Waals surface area contributed by atoms with E-state index in [2.05, 4.69) is 27.1 Å². The number of nitrogens with one attached hydrogen (secondary N) is 2. The van der Waals surface area contributed by atoms with Gasteiger partial charge in [-0.2, -0.15) is 0 Å². The first kappa shape index (κ1) is 21.8. The first-order chi connectivity index (χ1) is 15.0. The summed E-state index contributed by atoms with van der Waals surface area (Å²) in [4.78, 5) is 15.2. The molecule has 1 saturated carbocycles. The second kappa shape index (κ2) is 9.83. The number of hydrogen-bond donors (Lipinski definition) is 2. The van der Waals surface area contributed by atoms with Gasteiger partial charge >= 0.3 is 0 Å². The van der Waals surface area contributed by atoms with Gasteiger partial charge < -0.3 is 10.2 Å². The topological polar surface area (TPSA) is 78.5 Å². The molecule has 2 aliphatic rings. The van der Waals surface area contributed by atoms with Gasteiger partial charge in [0.05, 0.1) is 4.90 Å². The number of amides is 1. The molecule has 6 nitrogen and oxygen atoms in total. The van der Waals surface area contributed by atoms with Gasteiger partial charge in [0, 0.05) is 36.4 Å². The fraction of sp³-hybridized carbons (Fsp3) is 0.458. The van der Waals surface area contributed by atoms with E-state index in [-0.39, 0.29) is 22.8 Å². The van der Waals surface area contributed by atoms with Crippen LogP contribution in [0.5, 0.6) is 0 Å². The minimum absolute atomic E-state index is 0.00338. The van der Waals surface area contributed by atoms with Crippen molar-refractivity contribution >= 4 is 27.3 Å². The molecular weight excluding hydrogens is 410 g/mol. The van der Waals surface area contributed by atoms with Crippen LogP contribution in [0.2, 0.25) is 0 Å². The Morgan fingerprint density at radius 1 is 0.839 bits per heavy atom. The van der Waals surface area contributed by atoms with Crippen molar-refractivity contribution in [2.75, 3.05) is 23.3 Å². The molecule has 0 radical (unpaired) electrons. The third kappa shape index (κ3) is 5.66. The summed E-state index contributed by atoms with van der Waals surface area (Å²) in [5.41, 5.74) is 1.83. The molecule has 4 rings (SSSR count). The predicted octanol–water partition coefficient (Wildman–Crippen LogP) is 4.15. The van der Waals surface area contributed by atoms with Crippen molar-refractivity contribution in [2.45, 2.75) is 55.9 Å². The van der Waals surface area contributed by atoms with Gasteiger partial charge in [-0.15, -0.1) is 0 Å². The van der Waals surface area contributed by atoms with Crippen LogP contribution >= 0.6 is 0 Å². The highest BCUT2D eigenvalue weighted by molar-refractivity contribution is 7.89. The average molecular weight is 442 g/mol. The lowest BCUT2D eigenvalue weighted by Gasteiger charge is -2.33. The molecule has 0 atom stereocenters. The van der Waals surface area contributed by atoms with E-state index in [1.165, 1.54) is 12.1 Å². The third-order valence-electron chi connectivity index (χ3n) is 6.35. The number of sulfonamides is 1. The van der Waals surface area contributed by atoms with Gasteiger partial charge in [-0.05, 0) is 62.1 Å². The molecule has 166 valence electrons. The van der Waals surface area contributed by atoms with E-state index in [1.54, 1.807) is 24.3 Å². The minimum atomic E-state index is -3.53. The largest absolute Gasteiger partial charge is 0.371 e. The second-order valence-corrected chi connectivity index (χ2v) is 10.3. The summed E-state index contributed by atoms with van der Waals surface area (Å²) in [6, 6.07) is 16.8. The van der Waals surface area contributed by atoms with E-state index in [0.717, 1.165) is 51.6 Å². The zero-order chi connectivity index (χ0) is 21.7. The van der Waals surface area contributed by atoms with E-state index >= 15 is 0 Å². The number of piperidine rings is 1. The van der Waals surface area contributed by atoms with Gasteiger partial charge in [0.2, 0.25) is 15.9 Å². The van der Waals surface area contributed by atoms with Gasteiger partial charge in [0.25, 0.3) is 0 Å². The Bertz CT molecular complexity index is 963. The van der Waals surface area contributed by atoms with Gasteiger partial charge in [0.15, 0.2) is 0 Å². The number of carbonyl (C=O) groups excluding carboxylic acids is 1. The number of para-hydroxylation sites is 1. The van der Waals surface area contributed by atoms with Gasteiger partial charge in [-0.1, -0.05) is 37.5 Å². The maximum atomic E-state index is 12.7. The van der Waals surface area contributed by atoms with Crippen LogP contribution in [0.3, 0.4) is 0 Å². The minimum Gasteiger partial charge on any atom is -0.371 e. The lowest BCUT2D eigenvalue weighted by Crippen LogP contribution is -2.38. The number of nitrogens with zero attached hydrogens (tertiary/aromatic N) is 1. The van der Waals surface area contributed by atoms with Crippen molar-refractivity contribution in [3.05, 3.63) is 54.6 Å². The van der Waals surface area contributed by atoms with E-state index < -0.39 is 10.0 Å². The van der Waals surface area contributed by atoms with E-state index in [9.17, 15) is 13.2 Å². The molecule has 31 heavy (non-hydrogen) atoms. The molecule has 0 unspecified atom stereocenters. The summed E-state index contributed by atoms with van der Waals surface area (Å²) in [6.45, 7) is 1.71. The lowest BCUT2D eigenvalue weighted by molar-refractivity contribution is -0.120. The molecule has 2 aromatic rings. The monoisotopic (exact) mass is 441 g/mol. The van der Waals surface area contributed by atoms with Crippen LogP contribution in [0, 0.1) is 5.92 Å². The van der Waals surface area contributed by atoms with Crippen LogP contribution in [0.1, 0.15) is 44.9 Å². The molecule has 2 N–H and O–H groups in total. The SMILES string of the molecule is O=C(Nc1ccc(S(=O)(=O)NC2CCCCC2)cc1)C1CCN(c2ccccc2)CC1. The van der Waals surface area contributed by atoms with Crippen LogP contribution in [-0.4, -0.2) is 33.5 Å². The molecule has 1 amide bonds. The normalized spacial score (nSPS) is 18.6. The van der Waals surface area contributed by atoms with Crippen molar-refractivity contribution < 1.29 is 13.2 Å². The molecule has 1 aliphatic carbocycles. The fourth-order valence-electron chi connectivity index (χ4n) is 4.51. The Balaban J connectivity index is 1.30. The zero-order valence-electron chi connectivity index (χ0n) is 17.8. The molecule has 0 spiro atoms. The van der Waals surface area contributed by atoms with Crippen molar-refractivity contribution in [3.63, 3.8) is 0 Å². The number of hydrogen-bond acceptors (Lipinski definition) is 4. The molecule has 7 heteroatoms. The highest BCUT2D eigenvalue weighted by Gasteiger charge is 2.26. The van der Waals surface area contributed by atoms with Crippen LogP contribution in [-0.2, 0) is 14.8 Å². The zero-order valence-corrected chi connectivity index (χ0v) is 18.6. The average Bonchev–Trinajstić information content (AvgIpc) is 2.80. The van der Waals surface area contributed by atoms with Crippen LogP contribution in [0.4, 0.5) is 11.4 Å². The summed E-state index contributed by atoms with van der Waals surface area (Å²) >= 11 is 0. The van der Waals surface area contributed by atoms with Crippen molar-refractivity contribution in [1.29, 1.82) is 0 Å². The van der Waals surface area contributed by atoms with Crippen molar-refractivity contribution in [3.8, 4) is 0 Å². The quantitative estimate of drug-likeness (QED) is 0.706. The van der Waals surface area contributed by atoms with E-state index in [4.69, 9.17) is 0 Å². The Morgan fingerprint density at radius 3 is 2.13 bits per heavy atom. The van der Waals surface area contributed by atoms with Gasteiger partial charge in [-0.3, -0.25) is 4.79 Å². The third-order valence-corrected chi connectivity index (χ3v) is 7.88. The molecule has 1 saturated heterocycles. The first-order valence-corrected chi connectivity index (χ1v) is 12.7. The molecule has 0 bridgehead atoms. The molecule has 1 heterocycles. The summed E-state index contributed by atoms with van der Waals surface area (Å²) in [7, 11) is -3.53. The Labute approximate surface area is 185 Å². The Morgan fingerprint density at radius 2 is 1.48 bits per heavy atom. The number of benzene rings is 2. The van der Waals surface area contributed by atoms with Crippen molar-refractivity contribution in [1.82, 2.24) is 4.72 Å². The standard InChI is InChI=1S/C24H31N3O3S/c28-24(19-15-17-27(18-16-19)22-9-5-2-6-10-22)25-20-11-13-23(14-12-20)31(29,30)26-21-7-3-1-4-8-21/h2,5-6,9-14,19,21,26H,1,3-4,7-8,15-18H2,(H,25,28). The predicted molar refractivity (Wildman–Crippen MR) is 124 cm³/mol. The maximum absolute atomic E-state index is 12.7. The van der Waals surface area contributed by atoms with E-state index in [1.807, 2.05) is 18.2 Å². The number of anilines is 2. The molecular formula is C24H31N3O3S. The van der Waals surface area contributed by atoms with Crippen LogP contribution in [0.25, 0.3) is 0 Å². The summed E-state index contributed by atoms with van der Waals surface area (Å²) in [5.74, 6) is -0.0278. The number of rotatable bonds is 6. The number of carbonyl (C=O) groups is 1. The Kier molecular flexibility index (Phi) is 6.92. The summed E-state index contributed by atoms with van der Waals surface area (Å²) in [6.07, 6.45) is 6.73. The summed E-state index contributed by atoms with van der Waals surface area (Å²) in [5, 5.41) is 2.95. The van der Waals surface area contributed by atoms with Gasteiger partial charge in [-0.25, -0.2) is 13.1 Å². The highest BCUT2D eigenvalue weighted by atomic mass is 32.2. The smallest absolute Gasteiger partial charge is 0.240 e. The maximum Gasteiger partial charge on any atom is 0.240 e. The molecule has 2 fully saturated rings. The molecule has 0 aromatic heterocycles. The van der Waals surface area contributed by atoms with E-state index in [0.29, 0.717) is 5.69 Å². The van der Waals surface area contributed by atoms with Crippen LogP contribution in [0.15, 0.2) is 59.5 Å². The highest BCUT2D eigenvalue weighted by Crippen LogP contribution is 2.25. The molecule has 2 aromatic carbocycles. The Hall–Kier alpha value is -2.38. The fourth-order valence-corrected chi connectivity index (χ4v) is 5.81. The second-order valence-electron chi connectivity index (χ2n) is 8.57.